The Balaban J connectivity index is 1.95. The smallest absolute Gasteiger partial charge is 0.0191 e. The van der Waals surface area contributed by atoms with Crippen molar-refractivity contribution in [3.8, 4) is 0 Å². The van der Waals surface area contributed by atoms with Crippen LogP contribution in [0.15, 0.2) is 0 Å². The Morgan fingerprint density at radius 3 is 2.84 bits per heavy atom. The fourth-order valence-corrected chi connectivity index (χ4v) is 5.35. The number of nitrogens with zero attached hydrogens (tertiary/aromatic N) is 1. The van der Waals surface area contributed by atoms with Crippen LogP contribution in [0.3, 0.4) is 0 Å². The molecule has 0 aromatic heterocycles. The highest BCUT2D eigenvalue weighted by molar-refractivity contribution is 7.99. The molecule has 1 N–H and O–H groups in total. The maximum absolute atomic E-state index is 3.64. The number of hydrogen-bond acceptors (Lipinski definition) is 3. The minimum absolute atomic E-state index is 0.537. The van der Waals surface area contributed by atoms with Crippen LogP contribution in [-0.2, 0) is 0 Å². The number of thioether (sulfide) groups is 1. The van der Waals surface area contributed by atoms with E-state index in [1.54, 1.807) is 0 Å². The standard InChI is InChI=1S/C16H32N2S/c1-4-17-12-16(8-5-6-14(2)10-16)13-18(3)15-7-9-19-11-15/h14-15,17H,4-13H2,1-3H3. The summed E-state index contributed by atoms with van der Waals surface area (Å²) in [4.78, 5) is 2.68. The first-order valence-electron chi connectivity index (χ1n) is 8.14. The summed E-state index contributed by atoms with van der Waals surface area (Å²) in [5, 5.41) is 3.64. The molecule has 0 bridgehead atoms. The number of nitrogens with one attached hydrogen (secondary N) is 1. The van der Waals surface area contributed by atoms with Crippen LogP contribution in [-0.4, -0.2) is 49.1 Å². The minimum Gasteiger partial charge on any atom is -0.316 e. The van der Waals surface area contributed by atoms with Gasteiger partial charge in [0.1, 0.15) is 0 Å². The predicted molar refractivity (Wildman–Crippen MR) is 87.0 cm³/mol. The highest BCUT2D eigenvalue weighted by atomic mass is 32.2. The zero-order valence-corrected chi connectivity index (χ0v) is 13.9. The quantitative estimate of drug-likeness (QED) is 0.806. The van der Waals surface area contributed by atoms with Crippen molar-refractivity contribution in [1.82, 2.24) is 10.2 Å². The van der Waals surface area contributed by atoms with E-state index in [2.05, 4.69) is 42.9 Å². The van der Waals surface area contributed by atoms with E-state index in [4.69, 9.17) is 0 Å². The molecule has 3 heteroatoms. The van der Waals surface area contributed by atoms with Crippen LogP contribution in [0.25, 0.3) is 0 Å². The molecule has 2 aliphatic rings. The van der Waals surface area contributed by atoms with Crippen LogP contribution in [0.2, 0.25) is 0 Å². The Morgan fingerprint density at radius 1 is 1.37 bits per heavy atom. The third-order valence-corrected chi connectivity index (χ3v) is 6.19. The lowest BCUT2D eigenvalue weighted by molar-refractivity contribution is 0.0777. The van der Waals surface area contributed by atoms with Gasteiger partial charge in [-0.25, -0.2) is 0 Å². The van der Waals surface area contributed by atoms with Crippen LogP contribution in [0.5, 0.6) is 0 Å². The monoisotopic (exact) mass is 284 g/mol. The second-order valence-corrected chi connectivity index (χ2v) is 8.06. The van der Waals surface area contributed by atoms with Crippen molar-refractivity contribution in [2.45, 2.75) is 52.0 Å². The van der Waals surface area contributed by atoms with Crippen molar-refractivity contribution in [2.24, 2.45) is 11.3 Å². The fourth-order valence-electron chi connectivity index (χ4n) is 4.05. The highest BCUT2D eigenvalue weighted by Crippen LogP contribution is 2.40. The summed E-state index contributed by atoms with van der Waals surface area (Å²) in [6.45, 7) is 8.31. The van der Waals surface area contributed by atoms with Gasteiger partial charge in [0.25, 0.3) is 0 Å². The average Bonchev–Trinajstić information content (AvgIpc) is 2.90. The van der Waals surface area contributed by atoms with Crippen LogP contribution in [0.1, 0.15) is 46.0 Å². The zero-order valence-electron chi connectivity index (χ0n) is 13.1. The Labute approximate surface area is 124 Å². The van der Waals surface area contributed by atoms with E-state index >= 15 is 0 Å². The minimum atomic E-state index is 0.537. The van der Waals surface area contributed by atoms with Crippen LogP contribution in [0.4, 0.5) is 0 Å². The molecule has 2 fully saturated rings. The second-order valence-electron chi connectivity index (χ2n) is 6.91. The van der Waals surface area contributed by atoms with E-state index in [1.165, 1.54) is 56.7 Å². The molecule has 1 heterocycles. The number of rotatable bonds is 6. The lowest BCUT2D eigenvalue weighted by atomic mass is 9.69. The molecule has 19 heavy (non-hydrogen) atoms. The maximum atomic E-state index is 3.64. The Hall–Kier alpha value is 0.270. The average molecular weight is 285 g/mol. The van der Waals surface area contributed by atoms with E-state index in [0.29, 0.717) is 5.41 Å². The summed E-state index contributed by atoms with van der Waals surface area (Å²) in [6, 6.07) is 0.834. The van der Waals surface area contributed by atoms with Crippen molar-refractivity contribution in [3.05, 3.63) is 0 Å². The van der Waals surface area contributed by atoms with E-state index in [9.17, 15) is 0 Å². The van der Waals surface area contributed by atoms with Gasteiger partial charge >= 0.3 is 0 Å². The molecule has 3 atom stereocenters. The molecule has 0 spiro atoms. The SMILES string of the molecule is CCNCC1(CN(C)C2CCSC2)CCCC(C)C1. The Kier molecular flexibility index (Phi) is 6.04. The maximum Gasteiger partial charge on any atom is 0.0191 e. The number of hydrogen-bond donors (Lipinski definition) is 1. The van der Waals surface area contributed by atoms with Crippen molar-refractivity contribution in [1.29, 1.82) is 0 Å². The van der Waals surface area contributed by atoms with Gasteiger partial charge in [-0.2, -0.15) is 11.8 Å². The molecule has 3 unspecified atom stereocenters. The normalized spacial score (nSPS) is 36.0. The molecular weight excluding hydrogens is 252 g/mol. The third kappa shape index (κ3) is 4.37. The largest absolute Gasteiger partial charge is 0.316 e. The molecule has 1 aliphatic heterocycles. The van der Waals surface area contributed by atoms with Crippen molar-refractivity contribution < 1.29 is 0 Å². The molecule has 1 aliphatic carbocycles. The molecule has 0 radical (unpaired) electrons. The molecular formula is C16H32N2S. The van der Waals surface area contributed by atoms with Gasteiger partial charge in [-0.05, 0) is 49.9 Å². The summed E-state index contributed by atoms with van der Waals surface area (Å²) < 4.78 is 0. The van der Waals surface area contributed by atoms with Gasteiger partial charge in [0.05, 0.1) is 0 Å². The van der Waals surface area contributed by atoms with Crippen LogP contribution in [0, 0.1) is 11.3 Å². The third-order valence-electron chi connectivity index (χ3n) is 5.05. The summed E-state index contributed by atoms with van der Waals surface area (Å²) in [6.07, 6.45) is 7.11. The zero-order chi connectivity index (χ0) is 13.7. The molecule has 1 saturated carbocycles. The summed E-state index contributed by atoms with van der Waals surface area (Å²) in [5.74, 6) is 3.63. The second kappa shape index (κ2) is 7.33. The van der Waals surface area contributed by atoms with E-state index in [1.807, 2.05) is 0 Å². The highest BCUT2D eigenvalue weighted by Gasteiger charge is 2.37. The first kappa shape index (κ1) is 15.7. The van der Waals surface area contributed by atoms with Crippen LogP contribution < -0.4 is 5.32 Å². The predicted octanol–water partition coefficient (Wildman–Crippen LogP) is 3.23. The van der Waals surface area contributed by atoms with Gasteiger partial charge < -0.3 is 10.2 Å². The molecule has 112 valence electrons. The van der Waals surface area contributed by atoms with Crippen molar-refractivity contribution in [2.75, 3.05) is 38.2 Å². The Bertz CT molecular complexity index is 265. The van der Waals surface area contributed by atoms with Gasteiger partial charge in [0.15, 0.2) is 0 Å². The first-order chi connectivity index (χ1) is 9.15. The molecule has 2 nitrogen and oxygen atoms in total. The van der Waals surface area contributed by atoms with Gasteiger partial charge in [-0.3, -0.25) is 0 Å². The molecule has 1 saturated heterocycles. The lowest BCUT2D eigenvalue weighted by Gasteiger charge is -2.44. The van der Waals surface area contributed by atoms with Crippen LogP contribution >= 0.6 is 11.8 Å². The van der Waals surface area contributed by atoms with Gasteiger partial charge in [-0.15, -0.1) is 0 Å². The van der Waals surface area contributed by atoms with E-state index < -0.39 is 0 Å². The lowest BCUT2D eigenvalue weighted by Crippen LogP contribution is -2.48. The molecule has 0 amide bonds. The van der Waals surface area contributed by atoms with E-state index in [0.717, 1.165) is 18.5 Å². The fraction of sp³-hybridized carbons (Fsp3) is 1.00. The van der Waals surface area contributed by atoms with Crippen molar-refractivity contribution >= 4 is 11.8 Å². The van der Waals surface area contributed by atoms with Gasteiger partial charge in [0, 0.05) is 24.9 Å². The first-order valence-corrected chi connectivity index (χ1v) is 9.29. The van der Waals surface area contributed by atoms with Gasteiger partial charge in [0.2, 0.25) is 0 Å². The van der Waals surface area contributed by atoms with Crippen molar-refractivity contribution in [3.63, 3.8) is 0 Å². The molecule has 0 aromatic rings. The molecule has 0 aromatic carbocycles. The van der Waals surface area contributed by atoms with E-state index in [-0.39, 0.29) is 0 Å². The topological polar surface area (TPSA) is 15.3 Å². The summed E-state index contributed by atoms with van der Waals surface area (Å²) in [5.41, 5.74) is 0.537. The Morgan fingerprint density at radius 2 is 2.21 bits per heavy atom. The van der Waals surface area contributed by atoms with Gasteiger partial charge in [-0.1, -0.05) is 26.7 Å². The molecule has 2 rings (SSSR count). The summed E-state index contributed by atoms with van der Waals surface area (Å²) >= 11 is 2.13. The summed E-state index contributed by atoms with van der Waals surface area (Å²) in [7, 11) is 2.36.